The van der Waals surface area contributed by atoms with Gasteiger partial charge in [-0.05, 0) is 48.5 Å². The Hall–Kier alpha value is -3.33. The second-order valence-electron chi connectivity index (χ2n) is 5.31. The van der Waals surface area contributed by atoms with Crippen LogP contribution < -0.4 is 0 Å². The fourth-order valence-electron chi connectivity index (χ4n) is 2.49. The average Bonchev–Trinajstić information content (AvgIpc) is 3.34. The molecule has 0 aliphatic carbocycles. The van der Waals surface area contributed by atoms with E-state index in [-0.39, 0.29) is 10.8 Å². The maximum Gasteiger partial charge on any atom is 0.318 e. The zero-order chi connectivity index (χ0) is 18.1. The molecule has 0 amide bonds. The molecule has 7 nitrogen and oxygen atoms in total. The molecule has 9 heteroatoms. The van der Waals surface area contributed by atoms with Gasteiger partial charge in [-0.15, -0.1) is 9.19 Å². The minimum Gasteiger partial charge on any atom is -0.451 e. The van der Waals surface area contributed by atoms with Crippen molar-refractivity contribution in [3.05, 3.63) is 73.0 Å². The molecule has 130 valence electrons. The molecule has 4 aromatic rings. The lowest BCUT2D eigenvalue weighted by atomic mass is 10.1. The van der Waals surface area contributed by atoms with Crippen LogP contribution in [0.3, 0.4) is 0 Å². The quantitative estimate of drug-likeness (QED) is 0.548. The largest absolute Gasteiger partial charge is 0.451 e. The highest BCUT2D eigenvalue weighted by atomic mass is 32.2. The van der Waals surface area contributed by atoms with Gasteiger partial charge in [-0.25, -0.2) is 4.39 Å². The predicted molar refractivity (Wildman–Crippen MR) is 89.9 cm³/mol. The number of furan rings is 1. The molecule has 0 saturated carbocycles. The summed E-state index contributed by atoms with van der Waals surface area (Å²) in [5.74, 6) is -0.408. The Labute approximate surface area is 147 Å². The van der Waals surface area contributed by atoms with Gasteiger partial charge in [0.2, 0.25) is 5.09 Å². The van der Waals surface area contributed by atoms with Gasteiger partial charge >= 0.3 is 10.0 Å². The van der Waals surface area contributed by atoms with Crippen LogP contribution in [-0.4, -0.2) is 27.8 Å². The Kier molecular flexibility index (Phi) is 3.85. The van der Waals surface area contributed by atoms with Crippen LogP contribution >= 0.6 is 0 Å². The van der Waals surface area contributed by atoms with Crippen molar-refractivity contribution in [2.75, 3.05) is 0 Å². The van der Waals surface area contributed by atoms with Crippen LogP contribution in [0.5, 0.6) is 0 Å². The smallest absolute Gasteiger partial charge is 0.318 e. The molecule has 0 aliphatic heterocycles. The first kappa shape index (κ1) is 16.2. The van der Waals surface area contributed by atoms with E-state index in [0.717, 1.165) is 4.09 Å². The van der Waals surface area contributed by atoms with E-state index in [1.54, 1.807) is 12.1 Å². The van der Waals surface area contributed by atoms with Crippen molar-refractivity contribution in [3.63, 3.8) is 0 Å². The summed E-state index contributed by atoms with van der Waals surface area (Å²) >= 11 is 0. The number of benzene rings is 1. The number of hydrogen-bond acceptors (Lipinski definition) is 6. The first-order valence-electron chi connectivity index (χ1n) is 7.48. The summed E-state index contributed by atoms with van der Waals surface area (Å²) in [5.41, 5.74) is 1.60. The lowest BCUT2D eigenvalue weighted by Gasteiger charge is -2.07. The van der Waals surface area contributed by atoms with Crippen molar-refractivity contribution in [3.8, 4) is 22.5 Å². The average molecular weight is 370 g/mol. The Morgan fingerprint density at radius 2 is 1.69 bits per heavy atom. The Morgan fingerprint density at radius 3 is 2.35 bits per heavy atom. The molecule has 0 spiro atoms. The highest BCUT2D eigenvalue weighted by Crippen LogP contribution is 2.32. The van der Waals surface area contributed by atoms with E-state index in [0.29, 0.717) is 16.8 Å². The van der Waals surface area contributed by atoms with Crippen molar-refractivity contribution < 1.29 is 17.2 Å². The summed E-state index contributed by atoms with van der Waals surface area (Å²) in [6.45, 7) is 0. The van der Waals surface area contributed by atoms with E-state index in [1.807, 2.05) is 0 Å². The molecule has 0 bridgehead atoms. The van der Waals surface area contributed by atoms with E-state index < -0.39 is 15.8 Å². The zero-order valence-corrected chi connectivity index (χ0v) is 14.0. The Morgan fingerprint density at radius 1 is 0.962 bits per heavy atom. The molecule has 3 heterocycles. The van der Waals surface area contributed by atoms with E-state index in [2.05, 4.69) is 15.3 Å². The summed E-state index contributed by atoms with van der Waals surface area (Å²) < 4.78 is 44.8. The molecule has 0 saturated heterocycles. The van der Waals surface area contributed by atoms with Crippen LogP contribution in [0.1, 0.15) is 0 Å². The lowest BCUT2D eigenvalue weighted by molar-refractivity contribution is 0.445. The van der Waals surface area contributed by atoms with Crippen LogP contribution in [0.25, 0.3) is 22.5 Å². The number of pyridine rings is 1. The minimum absolute atomic E-state index is 0.232. The molecule has 1 aromatic carbocycles. The summed E-state index contributed by atoms with van der Waals surface area (Å²) in [5, 5.41) is 7.58. The molecule has 0 N–H and O–H groups in total. The van der Waals surface area contributed by atoms with Gasteiger partial charge < -0.3 is 4.42 Å². The Bertz CT molecular complexity index is 1140. The van der Waals surface area contributed by atoms with Gasteiger partial charge in [-0.1, -0.05) is 5.21 Å². The number of aromatic nitrogens is 4. The molecule has 4 rings (SSSR count). The number of nitrogens with zero attached hydrogens (tertiary/aromatic N) is 4. The van der Waals surface area contributed by atoms with Crippen molar-refractivity contribution in [2.24, 2.45) is 0 Å². The maximum absolute atomic E-state index is 13.2. The van der Waals surface area contributed by atoms with Crippen LogP contribution in [0, 0.1) is 5.82 Å². The summed E-state index contributed by atoms with van der Waals surface area (Å²) in [7, 11) is -4.09. The predicted octanol–water partition coefficient (Wildman–Crippen LogP) is 2.98. The molecule has 0 fully saturated rings. The highest BCUT2D eigenvalue weighted by Gasteiger charge is 2.28. The SMILES string of the molecule is O=S(=O)(c1ccco1)n1nnc(-c2ccc(F)cc2)c1-c1ccncc1. The molecule has 0 atom stereocenters. The number of hydrogen-bond donors (Lipinski definition) is 0. The fourth-order valence-corrected chi connectivity index (χ4v) is 3.65. The van der Waals surface area contributed by atoms with Crippen molar-refractivity contribution in [1.29, 1.82) is 0 Å². The molecular weight excluding hydrogens is 359 g/mol. The molecule has 26 heavy (non-hydrogen) atoms. The van der Waals surface area contributed by atoms with Crippen molar-refractivity contribution in [1.82, 2.24) is 19.4 Å². The highest BCUT2D eigenvalue weighted by molar-refractivity contribution is 7.89. The Balaban J connectivity index is 1.98. The fraction of sp³-hybridized carbons (Fsp3) is 0. The summed E-state index contributed by atoms with van der Waals surface area (Å²) in [6.07, 6.45) is 4.32. The molecular formula is C17H11FN4O3S. The van der Waals surface area contributed by atoms with Gasteiger partial charge in [0.05, 0.1) is 6.26 Å². The monoisotopic (exact) mass is 370 g/mol. The topological polar surface area (TPSA) is 90.9 Å². The van der Waals surface area contributed by atoms with E-state index in [1.165, 1.54) is 55.1 Å². The van der Waals surface area contributed by atoms with E-state index in [4.69, 9.17) is 4.42 Å². The first-order chi connectivity index (χ1) is 12.6. The van der Waals surface area contributed by atoms with E-state index in [9.17, 15) is 12.8 Å². The number of rotatable bonds is 4. The zero-order valence-electron chi connectivity index (χ0n) is 13.2. The number of halogens is 1. The van der Waals surface area contributed by atoms with Gasteiger partial charge in [0, 0.05) is 23.5 Å². The van der Waals surface area contributed by atoms with Crippen LogP contribution in [-0.2, 0) is 10.0 Å². The van der Waals surface area contributed by atoms with Crippen LogP contribution in [0.2, 0.25) is 0 Å². The molecule has 0 aliphatic rings. The van der Waals surface area contributed by atoms with Gasteiger partial charge in [-0.3, -0.25) is 4.98 Å². The molecule has 0 radical (unpaired) electrons. The maximum atomic E-state index is 13.2. The molecule has 0 unspecified atom stereocenters. The van der Waals surface area contributed by atoms with Gasteiger partial charge in [0.1, 0.15) is 17.2 Å². The third-order valence-electron chi connectivity index (χ3n) is 3.69. The standard InChI is InChI=1S/C17H11FN4O3S/c18-14-5-3-12(4-6-14)16-17(13-7-9-19-10-8-13)22(21-20-16)26(23,24)15-2-1-11-25-15/h1-11H. The normalized spacial score (nSPS) is 11.6. The first-order valence-corrected chi connectivity index (χ1v) is 8.92. The van der Waals surface area contributed by atoms with Crippen LogP contribution in [0.4, 0.5) is 4.39 Å². The van der Waals surface area contributed by atoms with Gasteiger partial charge in [-0.2, -0.15) is 8.42 Å². The lowest BCUT2D eigenvalue weighted by Crippen LogP contribution is -2.15. The third-order valence-corrected chi connectivity index (χ3v) is 5.14. The van der Waals surface area contributed by atoms with Gasteiger partial charge in [0.25, 0.3) is 0 Å². The minimum atomic E-state index is -4.09. The second-order valence-corrected chi connectivity index (χ2v) is 7.01. The van der Waals surface area contributed by atoms with Crippen molar-refractivity contribution in [2.45, 2.75) is 5.09 Å². The third kappa shape index (κ3) is 2.68. The summed E-state index contributed by atoms with van der Waals surface area (Å²) in [6, 6.07) is 11.6. The molecule has 3 aromatic heterocycles. The summed E-state index contributed by atoms with van der Waals surface area (Å²) in [4.78, 5) is 3.94. The van der Waals surface area contributed by atoms with Crippen molar-refractivity contribution >= 4 is 10.0 Å². The van der Waals surface area contributed by atoms with Crippen LogP contribution in [0.15, 0.2) is 76.7 Å². The second kappa shape index (κ2) is 6.19. The van der Waals surface area contributed by atoms with Gasteiger partial charge in [0.15, 0.2) is 0 Å². The van der Waals surface area contributed by atoms with E-state index >= 15 is 0 Å².